The van der Waals surface area contributed by atoms with Crippen LogP contribution < -0.4 is 0 Å². The maximum atomic E-state index is 12.7. The van der Waals surface area contributed by atoms with Gasteiger partial charge in [-0.25, -0.2) is 19.2 Å². The highest BCUT2D eigenvalue weighted by molar-refractivity contribution is 6.40. The fraction of sp³-hybridized carbons (Fsp3) is 0.143. The van der Waals surface area contributed by atoms with Crippen LogP contribution in [0.2, 0.25) is 0 Å². The van der Waals surface area contributed by atoms with Gasteiger partial charge in [0.1, 0.15) is 0 Å². The lowest BCUT2D eigenvalue weighted by Crippen LogP contribution is -2.21. The van der Waals surface area contributed by atoms with Gasteiger partial charge in [0, 0.05) is 10.8 Å². The summed E-state index contributed by atoms with van der Waals surface area (Å²) in [7, 11) is 0. The second-order valence-corrected chi connectivity index (χ2v) is 8.80. The molecular formula is C28H16O6. The standard InChI is InChI=1S/C28H16O6/c1-3-11-9-17-21-15(25(29)33-27(17)31)8-6-14-20-12(4-2)10-18-22-16(26(30)34-28(18)32)7-5-13(24(20)22)19(11)23(14)21/h5-10H,3-4H2,1-2H3. The number of fused-ring (bicyclic) bond motifs is 2. The lowest BCUT2D eigenvalue weighted by atomic mass is 9.80. The van der Waals surface area contributed by atoms with Crippen LogP contribution in [0.4, 0.5) is 0 Å². The zero-order chi connectivity index (χ0) is 23.5. The van der Waals surface area contributed by atoms with Crippen molar-refractivity contribution in [2.75, 3.05) is 0 Å². The summed E-state index contributed by atoms with van der Waals surface area (Å²) < 4.78 is 10.0. The van der Waals surface area contributed by atoms with Gasteiger partial charge in [-0.05, 0) is 80.6 Å². The van der Waals surface area contributed by atoms with Gasteiger partial charge in [0.2, 0.25) is 0 Å². The molecule has 6 nitrogen and oxygen atoms in total. The van der Waals surface area contributed by atoms with Crippen LogP contribution >= 0.6 is 0 Å². The molecule has 34 heavy (non-hydrogen) atoms. The number of esters is 4. The molecule has 0 saturated heterocycles. The molecule has 2 heterocycles. The topological polar surface area (TPSA) is 86.7 Å². The quantitative estimate of drug-likeness (QED) is 0.154. The van der Waals surface area contributed by atoms with E-state index in [0.717, 1.165) is 43.4 Å². The Kier molecular flexibility index (Phi) is 3.48. The van der Waals surface area contributed by atoms with Gasteiger partial charge in [-0.3, -0.25) is 0 Å². The molecule has 0 amide bonds. The first kappa shape index (κ1) is 19.2. The number of hydrogen-bond donors (Lipinski definition) is 0. The SMILES string of the molecule is CCc1cc2c3c(ccc4c5c(CC)cc6c7c(ccc(c1c34)c75)C(=O)OC6=O)C(=O)OC2=O. The number of carbonyl (C=O) groups excluding carboxylic acids is 4. The van der Waals surface area contributed by atoms with Crippen molar-refractivity contribution >= 4 is 67.0 Å². The molecule has 0 unspecified atom stereocenters. The fourth-order valence-corrected chi connectivity index (χ4v) is 5.88. The minimum absolute atomic E-state index is 0.364. The molecular weight excluding hydrogens is 432 g/mol. The minimum Gasteiger partial charge on any atom is -0.386 e. The lowest BCUT2D eigenvalue weighted by molar-refractivity contribution is 0.0373. The van der Waals surface area contributed by atoms with Crippen LogP contribution in [0, 0.1) is 0 Å². The number of rotatable bonds is 2. The molecule has 0 radical (unpaired) electrons. The summed E-state index contributed by atoms with van der Waals surface area (Å²) in [6.07, 6.45) is 1.28. The Morgan fingerprint density at radius 2 is 0.882 bits per heavy atom. The molecule has 0 bridgehead atoms. The second-order valence-electron chi connectivity index (χ2n) is 8.80. The molecule has 0 atom stereocenters. The Morgan fingerprint density at radius 1 is 0.500 bits per heavy atom. The molecule has 6 heteroatoms. The molecule has 0 aliphatic carbocycles. The second kappa shape index (κ2) is 6.17. The Labute approximate surface area is 192 Å². The molecule has 0 N–H and O–H groups in total. The average Bonchev–Trinajstić information content (AvgIpc) is 2.84. The number of hydrogen-bond acceptors (Lipinski definition) is 6. The van der Waals surface area contributed by atoms with Gasteiger partial charge in [-0.2, -0.15) is 0 Å². The predicted octanol–water partition coefficient (Wildman–Crippen LogP) is 5.48. The number of carbonyl (C=O) groups is 4. The summed E-state index contributed by atoms with van der Waals surface area (Å²) in [6.45, 7) is 4.01. The maximum absolute atomic E-state index is 12.7. The van der Waals surface area contributed by atoms with Crippen LogP contribution in [0.25, 0.3) is 43.1 Å². The van der Waals surface area contributed by atoms with Gasteiger partial charge in [0.05, 0.1) is 22.3 Å². The summed E-state index contributed by atoms with van der Waals surface area (Å²) in [5, 5.41) is 6.48. The van der Waals surface area contributed by atoms with E-state index in [9.17, 15) is 19.2 Å². The Balaban J connectivity index is 1.88. The lowest BCUT2D eigenvalue weighted by Gasteiger charge is -2.25. The molecule has 0 fully saturated rings. The van der Waals surface area contributed by atoms with Crippen molar-refractivity contribution in [2.45, 2.75) is 26.7 Å². The summed E-state index contributed by atoms with van der Waals surface area (Å²) in [5.41, 5.74) is 3.37. The molecule has 2 aliphatic heterocycles. The van der Waals surface area contributed by atoms with Crippen molar-refractivity contribution in [1.29, 1.82) is 0 Å². The smallest absolute Gasteiger partial charge is 0.346 e. The highest BCUT2D eigenvalue weighted by Gasteiger charge is 2.34. The third kappa shape index (κ3) is 2.07. The Hall–Kier alpha value is -4.32. The molecule has 5 aromatic carbocycles. The summed E-state index contributed by atoms with van der Waals surface area (Å²) >= 11 is 0. The summed E-state index contributed by atoms with van der Waals surface area (Å²) in [5.74, 6) is -2.59. The zero-order valence-corrected chi connectivity index (χ0v) is 18.3. The van der Waals surface area contributed by atoms with Crippen molar-refractivity contribution in [3.8, 4) is 0 Å². The first-order valence-electron chi connectivity index (χ1n) is 11.2. The molecule has 0 aromatic heterocycles. The van der Waals surface area contributed by atoms with Crippen molar-refractivity contribution in [1.82, 2.24) is 0 Å². The van der Waals surface area contributed by atoms with E-state index in [2.05, 4.69) is 0 Å². The number of benzene rings is 5. The molecule has 2 aliphatic rings. The van der Waals surface area contributed by atoms with Crippen molar-refractivity contribution in [3.05, 3.63) is 69.8 Å². The van der Waals surface area contributed by atoms with E-state index in [1.807, 2.05) is 26.0 Å². The van der Waals surface area contributed by atoms with Crippen LogP contribution in [-0.2, 0) is 22.3 Å². The van der Waals surface area contributed by atoms with Crippen LogP contribution in [0.15, 0.2) is 36.4 Å². The summed E-state index contributed by atoms with van der Waals surface area (Å²) in [6, 6.07) is 10.8. The predicted molar refractivity (Wildman–Crippen MR) is 126 cm³/mol. The fourth-order valence-electron chi connectivity index (χ4n) is 5.88. The largest absolute Gasteiger partial charge is 0.386 e. The normalized spacial score (nSPS) is 15.1. The van der Waals surface area contributed by atoms with Crippen molar-refractivity contribution in [3.63, 3.8) is 0 Å². The van der Waals surface area contributed by atoms with E-state index in [1.54, 1.807) is 24.3 Å². The van der Waals surface area contributed by atoms with Gasteiger partial charge in [-0.15, -0.1) is 0 Å². The molecule has 5 aromatic rings. The molecule has 0 saturated carbocycles. The van der Waals surface area contributed by atoms with E-state index in [0.29, 0.717) is 45.9 Å². The monoisotopic (exact) mass is 448 g/mol. The van der Waals surface area contributed by atoms with Gasteiger partial charge in [-0.1, -0.05) is 26.0 Å². The molecule has 0 spiro atoms. The number of ether oxygens (including phenoxy) is 2. The van der Waals surface area contributed by atoms with Gasteiger partial charge < -0.3 is 9.47 Å². The molecule has 164 valence electrons. The maximum Gasteiger partial charge on any atom is 0.346 e. The zero-order valence-electron chi connectivity index (χ0n) is 18.3. The first-order valence-corrected chi connectivity index (χ1v) is 11.2. The van der Waals surface area contributed by atoms with Crippen molar-refractivity contribution < 1.29 is 28.7 Å². The highest BCUT2D eigenvalue weighted by atomic mass is 16.6. The van der Waals surface area contributed by atoms with Gasteiger partial charge in [0.25, 0.3) is 0 Å². The van der Waals surface area contributed by atoms with E-state index in [-0.39, 0.29) is 0 Å². The number of aryl methyl sites for hydroxylation is 2. The van der Waals surface area contributed by atoms with Crippen LogP contribution in [-0.4, -0.2) is 23.9 Å². The first-order chi connectivity index (χ1) is 16.4. The number of cyclic esters (lactones) is 4. The summed E-state index contributed by atoms with van der Waals surface area (Å²) in [4.78, 5) is 50.6. The van der Waals surface area contributed by atoms with E-state index >= 15 is 0 Å². The van der Waals surface area contributed by atoms with Crippen molar-refractivity contribution in [2.24, 2.45) is 0 Å². The van der Waals surface area contributed by atoms with E-state index in [1.165, 1.54) is 0 Å². The Morgan fingerprint density at radius 3 is 1.26 bits per heavy atom. The molecule has 7 rings (SSSR count). The van der Waals surface area contributed by atoms with Gasteiger partial charge >= 0.3 is 23.9 Å². The Bertz CT molecular complexity index is 1710. The van der Waals surface area contributed by atoms with Crippen LogP contribution in [0.3, 0.4) is 0 Å². The van der Waals surface area contributed by atoms with Crippen LogP contribution in [0.5, 0.6) is 0 Å². The van der Waals surface area contributed by atoms with E-state index in [4.69, 9.17) is 9.47 Å². The third-order valence-electron chi connectivity index (χ3n) is 7.28. The minimum atomic E-state index is -0.653. The average molecular weight is 448 g/mol. The van der Waals surface area contributed by atoms with Gasteiger partial charge in [0.15, 0.2) is 0 Å². The van der Waals surface area contributed by atoms with E-state index < -0.39 is 23.9 Å². The highest BCUT2D eigenvalue weighted by Crippen LogP contribution is 2.48. The third-order valence-corrected chi connectivity index (χ3v) is 7.28. The van der Waals surface area contributed by atoms with Crippen LogP contribution in [0.1, 0.15) is 66.4 Å².